The molecule has 0 saturated heterocycles. The van der Waals surface area contributed by atoms with E-state index in [1.54, 1.807) is 0 Å². The normalized spacial score (nSPS) is 11.4. The minimum Gasteiger partial charge on any atom is -0.388 e. The first-order valence-electron chi connectivity index (χ1n) is 7.08. The van der Waals surface area contributed by atoms with Crippen LogP contribution in [0.15, 0.2) is 6.07 Å². The maximum absolute atomic E-state index is 10.2. The largest absolute Gasteiger partial charge is 0.388 e. The van der Waals surface area contributed by atoms with Gasteiger partial charge in [0.2, 0.25) is 5.95 Å². The Morgan fingerprint density at radius 3 is 2.42 bits per heavy atom. The molecule has 0 aliphatic heterocycles. The minimum absolute atomic E-state index is 0.504. The lowest BCUT2D eigenvalue weighted by Crippen LogP contribution is -2.35. The van der Waals surface area contributed by atoms with E-state index in [9.17, 15) is 5.11 Å². The van der Waals surface area contributed by atoms with Gasteiger partial charge in [0, 0.05) is 24.8 Å². The van der Waals surface area contributed by atoms with Gasteiger partial charge in [-0.15, -0.1) is 0 Å². The third-order valence-corrected chi connectivity index (χ3v) is 3.30. The third kappa shape index (κ3) is 5.03. The summed E-state index contributed by atoms with van der Waals surface area (Å²) in [7, 11) is 0. The van der Waals surface area contributed by atoms with Crippen LogP contribution in [-0.4, -0.2) is 33.8 Å². The van der Waals surface area contributed by atoms with Crippen LogP contribution in [0.2, 0.25) is 0 Å². The predicted octanol–water partition coefficient (Wildman–Crippen LogP) is 2.57. The Labute approximate surface area is 115 Å². The molecule has 0 unspecified atom stereocenters. The molecule has 1 aromatic rings. The summed E-state index contributed by atoms with van der Waals surface area (Å²) in [4.78, 5) is 8.73. The van der Waals surface area contributed by atoms with E-state index in [2.05, 4.69) is 27.5 Å². The molecule has 0 aromatic carbocycles. The van der Waals surface area contributed by atoms with Crippen molar-refractivity contribution in [3.8, 4) is 0 Å². The van der Waals surface area contributed by atoms with Gasteiger partial charge in [-0.1, -0.05) is 20.8 Å². The second-order valence-electron chi connectivity index (χ2n) is 4.93. The highest BCUT2D eigenvalue weighted by Crippen LogP contribution is 2.16. The van der Waals surface area contributed by atoms with Gasteiger partial charge in [-0.2, -0.15) is 4.98 Å². The fourth-order valence-corrected chi connectivity index (χ4v) is 1.73. The average molecular weight is 266 g/mol. The van der Waals surface area contributed by atoms with E-state index in [4.69, 9.17) is 0 Å². The van der Waals surface area contributed by atoms with Gasteiger partial charge >= 0.3 is 0 Å². The van der Waals surface area contributed by atoms with Gasteiger partial charge in [-0.25, -0.2) is 4.98 Å². The van der Waals surface area contributed by atoms with E-state index in [-0.39, 0.29) is 0 Å². The SMILES string of the molecule is CCCNc1nc(C)cc(NCC(O)(CC)CC)n1. The Balaban J connectivity index is 2.70. The lowest BCUT2D eigenvalue weighted by Gasteiger charge is -2.25. The Kier molecular flexibility index (Phi) is 6.02. The first kappa shape index (κ1) is 15.7. The minimum atomic E-state index is -0.671. The molecule has 0 bridgehead atoms. The highest BCUT2D eigenvalue weighted by atomic mass is 16.3. The molecule has 108 valence electrons. The molecule has 1 aromatic heterocycles. The van der Waals surface area contributed by atoms with Crippen molar-refractivity contribution < 1.29 is 5.11 Å². The summed E-state index contributed by atoms with van der Waals surface area (Å²) in [5.41, 5.74) is 0.239. The van der Waals surface area contributed by atoms with Crippen molar-refractivity contribution in [1.29, 1.82) is 0 Å². The monoisotopic (exact) mass is 266 g/mol. The Bertz CT molecular complexity index is 391. The van der Waals surface area contributed by atoms with Crippen molar-refractivity contribution in [2.45, 2.75) is 52.6 Å². The first-order chi connectivity index (χ1) is 9.03. The van der Waals surface area contributed by atoms with Gasteiger partial charge in [-0.3, -0.25) is 0 Å². The second kappa shape index (κ2) is 7.28. The van der Waals surface area contributed by atoms with E-state index in [1.165, 1.54) is 0 Å². The van der Waals surface area contributed by atoms with Gasteiger partial charge < -0.3 is 15.7 Å². The van der Waals surface area contributed by atoms with Gasteiger partial charge in [0.15, 0.2) is 0 Å². The molecular formula is C14H26N4O. The summed E-state index contributed by atoms with van der Waals surface area (Å²) < 4.78 is 0. The van der Waals surface area contributed by atoms with Crippen molar-refractivity contribution in [2.24, 2.45) is 0 Å². The Morgan fingerprint density at radius 1 is 1.16 bits per heavy atom. The van der Waals surface area contributed by atoms with E-state index < -0.39 is 5.60 Å². The summed E-state index contributed by atoms with van der Waals surface area (Å²) >= 11 is 0. The molecule has 0 spiro atoms. The van der Waals surface area contributed by atoms with Crippen LogP contribution in [-0.2, 0) is 0 Å². The highest BCUT2D eigenvalue weighted by molar-refractivity contribution is 5.42. The molecule has 0 aliphatic carbocycles. The zero-order valence-electron chi connectivity index (χ0n) is 12.5. The Hall–Kier alpha value is -1.36. The van der Waals surface area contributed by atoms with Crippen LogP contribution in [0.4, 0.5) is 11.8 Å². The fraction of sp³-hybridized carbons (Fsp3) is 0.714. The molecule has 1 heterocycles. The summed E-state index contributed by atoms with van der Waals surface area (Å²) in [6.45, 7) is 9.39. The molecular weight excluding hydrogens is 240 g/mol. The number of nitrogens with one attached hydrogen (secondary N) is 2. The smallest absolute Gasteiger partial charge is 0.224 e. The lowest BCUT2D eigenvalue weighted by molar-refractivity contribution is 0.0456. The van der Waals surface area contributed by atoms with Gasteiger partial charge in [0.25, 0.3) is 0 Å². The number of aryl methyl sites for hydroxylation is 1. The standard InChI is InChI=1S/C14H26N4O/c1-5-8-15-13-17-11(4)9-12(18-13)16-10-14(19,6-2)7-3/h9,19H,5-8,10H2,1-4H3,(H2,15,16,17,18). The van der Waals surface area contributed by atoms with Gasteiger partial charge in [0.1, 0.15) is 5.82 Å². The zero-order chi connectivity index (χ0) is 14.3. The summed E-state index contributed by atoms with van der Waals surface area (Å²) in [6, 6.07) is 1.89. The number of rotatable bonds is 8. The van der Waals surface area contributed by atoms with Crippen molar-refractivity contribution in [3.63, 3.8) is 0 Å². The average Bonchev–Trinajstić information content (AvgIpc) is 2.42. The molecule has 0 fully saturated rings. The van der Waals surface area contributed by atoms with Crippen molar-refractivity contribution in [2.75, 3.05) is 23.7 Å². The number of aliphatic hydroxyl groups is 1. The Morgan fingerprint density at radius 2 is 1.84 bits per heavy atom. The molecule has 0 atom stereocenters. The van der Waals surface area contributed by atoms with Crippen LogP contribution in [0.25, 0.3) is 0 Å². The fourth-order valence-electron chi connectivity index (χ4n) is 1.73. The number of aromatic nitrogens is 2. The number of hydrogen-bond acceptors (Lipinski definition) is 5. The number of anilines is 2. The van der Waals surface area contributed by atoms with Crippen LogP contribution in [0, 0.1) is 6.92 Å². The maximum Gasteiger partial charge on any atom is 0.224 e. The number of nitrogens with zero attached hydrogens (tertiary/aromatic N) is 2. The molecule has 19 heavy (non-hydrogen) atoms. The van der Waals surface area contributed by atoms with E-state index in [0.29, 0.717) is 12.5 Å². The van der Waals surface area contributed by atoms with E-state index in [0.717, 1.165) is 37.3 Å². The van der Waals surface area contributed by atoms with Crippen LogP contribution in [0.5, 0.6) is 0 Å². The summed E-state index contributed by atoms with van der Waals surface area (Å²) in [5, 5.41) is 16.6. The molecule has 3 N–H and O–H groups in total. The van der Waals surface area contributed by atoms with Crippen LogP contribution < -0.4 is 10.6 Å². The quantitative estimate of drug-likeness (QED) is 0.674. The van der Waals surface area contributed by atoms with Crippen LogP contribution in [0.1, 0.15) is 45.7 Å². The summed E-state index contributed by atoms with van der Waals surface area (Å²) in [5.74, 6) is 1.40. The molecule has 0 saturated carbocycles. The van der Waals surface area contributed by atoms with Crippen molar-refractivity contribution in [1.82, 2.24) is 9.97 Å². The third-order valence-electron chi connectivity index (χ3n) is 3.30. The highest BCUT2D eigenvalue weighted by Gasteiger charge is 2.21. The molecule has 0 radical (unpaired) electrons. The number of hydrogen-bond donors (Lipinski definition) is 3. The van der Waals surface area contributed by atoms with E-state index >= 15 is 0 Å². The molecule has 0 aliphatic rings. The first-order valence-corrected chi connectivity index (χ1v) is 7.08. The molecule has 5 heteroatoms. The van der Waals surface area contributed by atoms with Crippen LogP contribution in [0.3, 0.4) is 0 Å². The predicted molar refractivity (Wildman–Crippen MR) is 79.6 cm³/mol. The molecule has 1 rings (SSSR count). The molecule has 5 nitrogen and oxygen atoms in total. The lowest BCUT2D eigenvalue weighted by atomic mass is 9.98. The maximum atomic E-state index is 10.2. The van der Waals surface area contributed by atoms with Crippen molar-refractivity contribution in [3.05, 3.63) is 11.8 Å². The van der Waals surface area contributed by atoms with Crippen LogP contribution >= 0.6 is 0 Å². The topological polar surface area (TPSA) is 70.1 Å². The van der Waals surface area contributed by atoms with Gasteiger partial charge in [-0.05, 0) is 26.2 Å². The zero-order valence-corrected chi connectivity index (χ0v) is 12.5. The second-order valence-corrected chi connectivity index (χ2v) is 4.93. The summed E-state index contributed by atoms with van der Waals surface area (Å²) in [6.07, 6.45) is 2.48. The van der Waals surface area contributed by atoms with Gasteiger partial charge in [0.05, 0.1) is 5.60 Å². The van der Waals surface area contributed by atoms with Crippen molar-refractivity contribution >= 4 is 11.8 Å². The molecule has 0 amide bonds. The van der Waals surface area contributed by atoms with E-state index in [1.807, 2.05) is 26.8 Å².